The van der Waals surface area contributed by atoms with Gasteiger partial charge in [0.2, 0.25) is 0 Å². The van der Waals surface area contributed by atoms with Gasteiger partial charge in [0.15, 0.2) is 0 Å². The molecule has 0 aliphatic carbocycles. The number of carboxylic acid groups (broad SMARTS) is 1. The molecule has 0 saturated heterocycles. The van der Waals surface area contributed by atoms with Crippen molar-refractivity contribution in [3.63, 3.8) is 0 Å². The van der Waals surface area contributed by atoms with Crippen molar-refractivity contribution in [2.45, 2.75) is 6.92 Å². The highest BCUT2D eigenvalue weighted by atomic mass is 16.5. The number of hydrogen-bond acceptors (Lipinski definition) is 2. The van der Waals surface area contributed by atoms with Crippen molar-refractivity contribution in [3.05, 3.63) is 35.5 Å². The minimum absolute atomic E-state index is 0.762. The van der Waals surface area contributed by atoms with Crippen LogP contribution in [0.2, 0.25) is 0 Å². The van der Waals surface area contributed by atoms with Gasteiger partial charge in [0.1, 0.15) is 5.75 Å². The summed E-state index contributed by atoms with van der Waals surface area (Å²) in [4.78, 5) is 10.6. The summed E-state index contributed by atoms with van der Waals surface area (Å²) in [6.45, 7) is 1.97. The van der Waals surface area contributed by atoms with E-state index in [1.807, 2.05) is 36.7 Å². The fraction of sp³-hybridized carbons (Fsp3) is 0.214. The second-order valence-corrected chi connectivity index (χ2v) is 4.11. The van der Waals surface area contributed by atoms with Gasteiger partial charge in [-0.2, -0.15) is 0 Å². The molecule has 1 N–H and O–H groups in total. The van der Waals surface area contributed by atoms with E-state index >= 15 is 0 Å². The minimum atomic E-state index is -0.950. The molecular formula is C14H15NO3. The van der Waals surface area contributed by atoms with Crippen LogP contribution >= 0.6 is 0 Å². The molecule has 0 aliphatic rings. The molecule has 1 aromatic heterocycles. The molecule has 0 amide bonds. The van der Waals surface area contributed by atoms with Crippen molar-refractivity contribution in [3.8, 4) is 5.75 Å². The predicted octanol–water partition coefficient (Wildman–Crippen LogP) is 2.59. The Hall–Kier alpha value is -2.23. The van der Waals surface area contributed by atoms with Crippen molar-refractivity contribution in [1.29, 1.82) is 0 Å². The van der Waals surface area contributed by atoms with Gasteiger partial charge in [0.05, 0.1) is 7.11 Å². The maximum absolute atomic E-state index is 10.6. The van der Waals surface area contributed by atoms with E-state index in [0.717, 1.165) is 34.0 Å². The highest BCUT2D eigenvalue weighted by molar-refractivity contribution is 5.95. The predicted molar refractivity (Wildman–Crippen MR) is 70.9 cm³/mol. The second kappa shape index (κ2) is 4.56. The van der Waals surface area contributed by atoms with Crippen LogP contribution < -0.4 is 4.74 Å². The van der Waals surface area contributed by atoms with E-state index in [4.69, 9.17) is 9.84 Å². The highest BCUT2D eigenvalue weighted by Gasteiger charge is 2.10. The van der Waals surface area contributed by atoms with Crippen molar-refractivity contribution in [2.24, 2.45) is 7.05 Å². The zero-order chi connectivity index (χ0) is 13.3. The van der Waals surface area contributed by atoms with Gasteiger partial charge in [0.25, 0.3) is 0 Å². The summed E-state index contributed by atoms with van der Waals surface area (Å²) >= 11 is 0. The summed E-state index contributed by atoms with van der Waals surface area (Å²) in [7, 11) is 3.58. The zero-order valence-corrected chi connectivity index (χ0v) is 10.6. The third-order valence-corrected chi connectivity index (χ3v) is 3.14. The molecule has 0 fully saturated rings. The molecule has 1 aromatic carbocycles. The number of carbonyl (C=O) groups is 1. The van der Waals surface area contributed by atoms with Gasteiger partial charge >= 0.3 is 5.97 Å². The van der Waals surface area contributed by atoms with Gasteiger partial charge in [-0.3, -0.25) is 0 Å². The molecule has 0 saturated carbocycles. The number of aryl methyl sites for hydroxylation is 1. The zero-order valence-electron chi connectivity index (χ0n) is 10.6. The number of benzene rings is 1. The monoisotopic (exact) mass is 245 g/mol. The Morgan fingerprint density at radius 2 is 2.17 bits per heavy atom. The lowest BCUT2D eigenvalue weighted by Crippen LogP contribution is -1.90. The van der Waals surface area contributed by atoms with Crippen LogP contribution in [0.5, 0.6) is 5.75 Å². The fourth-order valence-corrected chi connectivity index (χ4v) is 2.07. The molecule has 2 aromatic rings. The largest absolute Gasteiger partial charge is 0.497 e. The van der Waals surface area contributed by atoms with Gasteiger partial charge in [-0.05, 0) is 31.2 Å². The number of nitrogens with zero attached hydrogens (tertiary/aromatic N) is 1. The maximum Gasteiger partial charge on any atom is 0.328 e. The van der Waals surface area contributed by atoms with Crippen molar-refractivity contribution in [1.82, 2.24) is 4.57 Å². The molecule has 0 radical (unpaired) electrons. The van der Waals surface area contributed by atoms with Crippen LogP contribution in [0.25, 0.3) is 17.0 Å². The van der Waals surface area contributed by atoms with Crippen molar-refractivity contribution < 1.29 is 14.6 Å². The standard InChI is InChI=1S/C14H15NO3/c1-9-11(5-7-14(16)17)12-8-10(18-3)4-6-13(12)15(9)2/h4-8H,1-3H3,(H,16,17)/b7-5+. The number of fused-ring (bicyclic) bond motifs is 1. The molecule has 0 bridgehead atoms. The molecule has 94 valence electrons. The van der Waals surface area contributed by atoms with Gasteiger partial charge in [-0.1, -0.05) is 0 Å². The second-order valence-electron chi connectivity index (χ2n) is 4.11. The minimum Gasteiger partial charge on any atom is -0.497 e. The number of ether oxygens (including phenoxy) is 1. The summed E-state index contributed by atoms with van der Waals surface area (Å²) in [5.74, 6) is -0.188. The molecule has 4 heteroatoms. The molecule has 0 unspecified atom stereocenters. The summed E-state index contributed by atoms with van der Waals surface area (Å²) in [6.07, 6.45) is 2.78. The lowest BCUT2D eigenvalue weighted by atomic mass is 10.1. The van der Waals surface area contributed by atoms with Crippen LogP contribution in [0, 0.1) is 6.92 Å². The average molecular weight is 245 g/mol. The lowest BCUT2D eigenvalue weighted by molar-refractivity contribution is -0.131. The number of aromatic nitrogens is 1. The Kier molecular flexibility index (Phi) is 3.10. The summed E-state index contributed by atoms with van der Waals surface area (Å²) in [6, 6.07) is 5.79. The average Bonchev–Trinajstić information content (AvgIpc) is 2.59. The number of hydrogen-bond donors (Lipinski definition) is 1. The topological polar surface area (TPSA) is 51.5 Å². The quantitative estimate of drug-likeness (QED) is 0.845. The van der Waals surface area contributed by atoms with E-state index in [1.54, 1.807) is 13.2 Å². The van der Waals surface area contributed by atoms with E-state index in [9.17, 15) is 4.79 Å². The van der Waals surface area contributed by atoms with E-state index in [2.05, 4.69) is 0 Å². The van der Waals surface area contributed by atoms with Crippen LogP contribution in [0.15, 0.2) is 24.3 Å². The SMILES string of the molecule is COc1ccc2c(c1)c(/C=C/C(=O)O)c(C)n2C. The Bertz CT molecular complexity index is 638. The molecule has 0 aliphatic heterocycles. The molecule has 18 heavy (non-hydrogen) atoms. The highest BCUT2D eigenvalue weighted by Crippen LogP contribution is 2.29. The van der Waals surface area contributed by atoms with E-state index < -0.39 is 5.97 Å². The Morgan fingerprint density at radius 1 is 1.44 bits per heavy atom. The number of rotatable bonds is 3. The Labute approximate surface area is 105 Å². The van der Waals surface area contributed by atoms with Crippen molar-refractivity contribution in [2.75, 3.05) is 7.11 Å². The molecule has 0 spiro atoms. The summed E-state index contributed by atoms with van der Waals surface area (Å²) < 4.78 is 7.24. The van der Waals surface area contributed by atoms with E-state index in [-0.39, 0.29) is 0 Å². The Morgan fingerprint density at radius 3 is 2.78 bits per heavy atom. The lowest BCUT2D eigenvalue weighted by Gasteiger charge is -2.00. The number of aliphatic carboxylic acids is 1. The van der Waals surface area contributed by atoms with Crippen LogP contribution in [0.1, 0.15) is 11.3 Å². The van der Waals surface area contributed by atoms with Crippen LogP contribution in [-0.2, 0) is 11.8 Å². The first-order valence-electron chi connectivity index (χ1n) is 5.58. The molecular weight excluding hydrogens is 230 g/mol. The normalized spacial score (nSPS) is 11.3. The van der Waals surface area contributed by atoms with Gasteiger partial charge in [0, 0.05) is 35.3 Å². The van der Waals surface area contributed by atoms with Gasteiger partial charge in [-0.15, -0.1) is 0 Å². The number of carboxylic acids is 1. The maximum atomic E-state index is 10.6. The van der Waals surface area contributed by atoms with Crippen molar-refractivity contribution >= 4 is 22.9 Å². The Balaban J connectivity index is 2.70. The van der Waals surface area contributed by atoms with Crippen LogP contribution in [-0.4, -0.2) is 22.8 Å². The number of methoxy groups -OCH3 is 1. The molecule has 2 rings (SSSR count). The van der Waals surface area contributed by atoms with E-state index in [0.29, 0.717) is 0 Å². The summed E-state index contributed by atoms with van der Waals surface area (Å²) in [5.41, 5.74) is 2.99. The smallest absolute Gasteiger partial charge is 0.328 e. The molecule has 1 heterocycles. The first-order valence-corrected chi connectivity index (χ1v) is 5.58. The third-order valence-electron chi connectivity index (χ3n) is 3.14. The van der Waals surface area contributed by atoms with Gasteiger partial charge in [-0.25, -0.2) is 4.79 Å². The summed E-state index contributed by atoms with van der Waals surface area (Å²) in [5, 5.41) is 9.72. The first kappa shape index (κ1) is 12.2. The molecule has 0 atom stereocenters. The fourth-order valence-electron chi connectivity index (χ4n) is 2.07. The molecule has 4 nitrogen and oxygen atoms in total. The van der Waals surface area contributed by atoms with Gasteiger partial charge < -0.3 is 14.4 Å². The first-order chi connectivity index (χ1) is 8.54. The van der Waals surface area contributed by atoms with Crippen LogP contribution in [0.3, 0.4) is 0 Å². The van der Waals surface area contributed by atoms with E-state index in [1.165, 1.54) is 0 Å². The third kappa shape index (κ3) is 1.97. The van der Waals surface area contributed by atoms with Crippen LogP contribution in [0.4, 0.5) is 0 Å².